The summed E-state index contributed by atoms with van der Waals surface area (Å²) in [5.41, 5.74) is 1.82. The molecule has 1 aliphatic rings. The molecule has 1 aliphatic heterocycles. The molecule has 1 saturated heterocycles. The number of carbonyl (C=O) groups excluding carboxylic acids is 2. The Hall–Kier alpha value is -3.52. The summed E-state index contributed by atoms with van der Waals surface area (Å²) in [6.07, 6.45) is 0. The van der Waals surface area contributed by atoms with Crippen LogP contribution in [0.25, 0.3) is 10.9 Å². The quantitative estimate of drug-likeness (QED) is 0.650. The molecule has 0 aliphatic carbocycles. The maximum absolute atomic E-state index is 12.5. The summed E-state index contributed by atoms with van der Waals surface area (Å²) >= 11 is 0. The van der Waals surface area contributed by atoms with Crippen molar-refractivity contribution in [1.82, 2.24) is 19.8 Å². The van der Waals surface area contributed by atoms with Crippen LogP contribution in [0.5, 0.6) is 0 Å². The van der Waals surface area contributed by atoms with E-state index in [9.17, 15) is 14.4 Å². The second-order valence-electron chi connectivity index (χ2n) is 7.36. The number of nitrogens with zero attached hydrogens (tertiary/aromatic N) is 3. The number of hydrogen-bond acceptors (Lipinski definition) is 5. The molecule has 4 rings (SSSR count). The fraction of sp³-hybridized carbons (Fsp3) is 0.273. The SMILES string of the molecule is CC(=O)c1ccc(NC(=O)N2CCN(Cc3nc4ccccc4c(=O)[nH]3)CC2)cc1. The third kappa shape index (κ3) is 4.38. The van der Waals surface area contributed by atoms with Crippen LogP contribution in [0.4, 0.5) is 10.5 Å². The van der Waals surface area contributed by atoms with Crippen LogP contribution in [-0.2, 0) is 6.54 Å². The minimum absolute atomic E-state index is 0.00810. The van der Waals surface area contributed by atoms with Crippen molar-refractivity contribution < 1.29 is 9.59 Å². The number of benzene rings is 2. The molecule has 8 heteroatoms. The maximum Gasteiger partial charge on any atom is 0.321 e. The van der Waals surface area contributed by atoms with Gasteiger partial charge in [-0.05, 0) is 43.3 Å². The minimum atomic E-state index is -0.164. The fourth-order valence-corrected chi connectivity index (χ4v) is 3.52. The molecule has 2 aromatic carbocycles. The molecule has 2 amide bonds. The lowest BCUT2D eigenvalue weighted by atomic mass is 10.1. The molecular weight excluding hydrogens is 382 g/mol. The zero-order valence-electron chi connectivity index (χ0n) is 16.7. The van der Waals surface area contributed by atoms with Crippen molar-refractivity contribution in [3.63, 3.8) is 0 Å². The number of carbonyl (C=O) groups is 2. The number of aromatic amines is 1. The minimum Gasteiger partial charge on any atom is -0.322 e. The molecular formula is C22H23N5O3. The van der Waals surface area contributed by atoms with Crippen LogP contribution in [-0.4, -0.2) is 57.8 Å². The Labute approximate surface area is 173 Å². The Bertz CT molecular complexity index is 1130. The van der Waals surface area contributed by atoms with Gasteiger partial charge in [0.1, 0.15) is 5.82 Å². The number of ketones is 1. The molecule has 30 heavy (non-hydrogen) atoms. The number of amides is 2. The molecule has 8 nitrogen and oxygen atoms in total. The number of aromatic nitrogens is 2. The molecule has 0 spiro atoms. The molecule has 1 aromatic heterocycles. The molecule has 0 bridgehead atoms. The van der Waals surface area contributed by atoms with Gasteiger partial charge < -0.3 is 15.2 Å². The van der Waals surface area contributed by atoms with Gasteiger partial charge in [-0.3, -0.25) is 14.5 Å². The van der Waals surface area contributed by atoms with Crippen molar-refractivity contribution >= 4 is 28.4 Å². The predicted octanol–water partition coefficient (Wildman–Crippen LogP) is 2.48. The van der Waals surface area contributed by atoms with Crippen molar-refractivity contribution in [2.24, 2.45) is 0 Å². The Morgan fingerprint density at radius 2 is 1.73 bits per heavy atom. The van der Waals surface area contributed by atoms with Crippen molar-refractivity contribution in [2.45, 2.75) is 13.5 Å². The lowest BCUT2D eigenvalue weighted by molar-refractivity contribution is 0.101. The first-order valence-electron chi connectivity index (χ1n) is 9.87. The number of urea groups is 1. The lowest BCUT2D eigenvalue weighted by Gasteiger charge is -2.34. The van der Waals surface area contributed by atoms with Gasteiger partial charge in [-0.25, -0.2) is 9.78 Å². The molecule has 0 radical (unpaired) electrons. The van der Waals surface area contributed by atoms with Gasteiger partial charge in [0.05, 0.1) is 17.4 Å². The Morgan fingerprint density at radius 3 is 2.43 bits per heavy atom. The van der Waals surface area contributed by atoms with Gasteiger partial charge in [-0.15, -0.1) is 0 Å². The standard InChI is InChI=1S/C22H23N5O3/c1-15(28)16-6-8-17(9-7-16)23-22(30)27-12-10-26(11-13-27)14-20-24-19-5-3-2-4-18(19)21(29)25-20/h2-9H,10-14H2,1H3,(H,23,30)(H,24,25,29). The number of rotatable bonds is 4. The molecule has 0 unspecified atom stereocenters. The van der Waals surface area contributed by atoms with Gasteiger partial charge >= 0.3 is 6.03 Å². The van der Waals surface area contributed by atoms with Crippen molar-refractivity contribution in [3.05, 3.63) is 70.3 Å². The van der Waals surface area contributed by atoms with Crippen LogP contribution in [0.3, 0.4) is 0 Å². The van der Waals surface area contributed by atoms with Gasteiger partial charge in [0.25, 0.3) is 5.56 Å². The highest BCUT2D eigenvalue weighted by Crippen LogP contribution is 2.13. The van der Waals surface area contributed by atoms with Gasteiger partial charge in [-0.2, -0.15) is 0 Å². The van der Waals surface area contributed by atoms with Gasteiger partial charge in [0.2, 0.25) is 0 Å². The van der Waals surface area contributed by atoms with Crippen molar-refractivity contribution in [1.29, 1.82) is 0 Å². The summed E-state index contributed by atoms with van der Waals surface area (Å²) in [7, 11) is 0. The van der Waals surface area contributed by atoms with Crippen LogP contribution in [0.2, 0.25) is 0 Å². The summed E-state index contributed by atoms with van der Waals surface area (Å²) in [5, 5.41) is 3.45. The topological polar surface area (TPSA) is 98.4 Å². The van der Waals surface area contributed by atoms with Gasteiger partial charge in [0.15, 0.2) is 5.78 Å². The van der Waals surface area contributed by atoms with Crippen LogP contribution < -0.4 is 10.9 Å². The van der Waals surface area contributed by atoms with E-state index >= 15 is 0 Å². The van der Waals surface area contributed by atoms with Gasteiger partial charge in [-0.1, -0.05) is 12.1 Å². The van der Waals surface area contributed by atoms with E-state index < -0.39 is 0 Å². The van der Waals surface area contributed by atoms with Crippen LogP contribution in [0.1, 0.15) is 23.1 Å². The number of anilines is 1. The number of hydrogen-bond donors (Lipinski definition) is 2. The monoisotopic (exact) mass is 405 g/mol. The molecule has 1 fully saturated rings. The van der Waals surface area contributed by atoms with E-state index in [2.05, 4.69) is 20.2 Å². The number of Topliss-reactive ketones (excluding diaryl/α,β-unsaturated/α-hetero) is 1. The molecule has 0 saturated carbocycles. The smallest absolute Gasteiger partial charge is 0.321 e. The van der Waals surface area contributed by atoms with Crippen molar-refractivity contribution in [2.75, 3.05) is 31.5 Å². The highest BCUT2D eigenvalue weighted by molar-refractivity contribution is 5.95. The first kappa shape index (κ1) is 19.8. The van der Waals surface area contributed by atoms with E-state index in [1.165, 1.54) is 6.92 Å². The molecule has 0 atom stereocenters. The van der Waals surface area contributed by atoms with E-state index in [0.717, 1.165) is 0 Å². The zero-order valence-corrected chi connectivity index (χ0v) is 16.7. The summed E-state index contributed by atoms with van der Waals surface area (Å²) in [5.74, 6) is 0.619. The Morgan fingerprint density at radius 1 is 1.03 bits per heavy atom. The Balaban J connectivity index is 1.33. The van der Waals surface area contributed by atoms with E-state index in [4.69, 9.17) is 0 Å². The van der Waals surface area contributed by atoms with Crippen molar-refractivity contribution in [3.8, 4) is 0 Å². The second kappa shape index (κ2) is 8.46. The summed E-state index contributed by atoms with van der Waals surface area (Å²) in [6, 6.07) is 14.0. The Kier molecular flexibility index (Phi) is 5.58. The highest BCUT2D eigenvalue weighted by atomic mass is 16.2. The summed E-state index contributed by atoms with van der Waals surface area (Å²) in [6.45, 7) is 4.57. The summed E-state index contributed by atoms with van der Waals surface area (Å²) < 4.78 is 0. The first-order valence-corrected chi connectivity index (χ1v) is 9.87. The average molecular weight is 405 g/mol. The molecule has 3 aromatic rings. The number of fused-ring (bicyclic) bond motifs is 1. The van der Waals surface area contributed by atoms with E-state index in [0.29, 0.717) is 60.7 Å². The van der Waals surface area contributed by atoms with Crippen LogP contribution in [0, 0.1) is 0 Å². The third-order valence-corrected chi connectivity index (χ3v) is 5.24. The van der Waals surface area contributed by atoms with Gasteiger partial charge in [0, 0.05) is 37.4 Å². The third-order valence-electron chi connectivity index (χ3n) is 5.24. The van der Waals surface area contributed by atoms with E-state index in [1.54, 1.807) is 35.2 Å². The largest absolute Gasteiger partial charge is 0.322 e. The lowest BCUT2D eigenvalue weighted by Crippen LogP contribution is -2.49. The number of para-hydroxylation sites is 1. The number of H-pyrrole nitrogens is 1. The van der Waals surface area contributed by atoms with Crippen LogP contribution in [0.15, 0.2) is 53.3 Å². The highest BCUT2D eigenvalue weighted by Gasteiger charge is 2.22. The molecule has 154 valence electrons. The van der Waals surface area contributed by atoms with E-state index in [1.807, 2.05) is 18.2 Å². The van der Waals surface area contributed by atoms with E-state index in [-0.39, 0.29) is 17.4 Å². The first-order chi connectivity index (χ1) is 14.5. The molecule has 2 N–H and O–H groups in total. The average Bonchev–Trinajstić information content (AvgIpc) is 2.74. The predicted molar refractivity (Wildman–Crippen MR) is 115 cm³/mol. The normalized spacial score (nSPS) is 14.6. The number of nitrogens with one attached hydrogen (secondary N) is 2. The maximum atomic E-state index is 12.5. The molecule has 2 heterocycles. The summed E-state index contributed by atoms with van der Waals surface area (Å²) in [4.78, 5) is 47.4. The zero-order chi connectivity index (χ0) is 21.1. The number of piperazine rings is 1. The van der Waals surface area contributed by atoms with Crippen LogP contribution >= 0.6 is 0 Å². The second-order valence-corrected chi connectivity index (χ2v) is 7.36. The fourth-order valence-electron chi connectivity index (χ4n) is 3.52.